The quantitative estimate of drug-likeness (QED) is 0.308. The zero-order chi connectivity index (χ0) is 32.6. The van der Waals surface area contributed by atoms with Gasteiger partial charge in [0.1, 0.15) is 18.6 Å². The zero-order valence-electron chi connectivity index (χ0n) is 24.5. The van der Waals surface area contributed by atoms with E-state index in [0.717, 1.165) is 22.7 Å². The molecule has 4 aromatic rings. The van der Waals surface area contributed by atoms with Crippen LogP contribution in [0.5, 0.6) is 5.75 Å². The number of nitrogens with one attached hydrogen (secondary N) is 1. The van der Waals surface area contributed by atoms with Gasteiger partial charge in [-0.3, -0.25) is 14.4 Å². The number of carbonyl (C=O) groups is 2. The van der Waals surface area contributed by atoms with Crippen molar-refractivity contribution in [2.75, 3.05) is 36.4 Å². The molecule has 4 heterocycles. The van der Waals surface area contributed by atoms with Gasteiger partial charge in [0.05, 0.1) is 27.7 Å². The Bertz CT molecular complexity index is 1850. The summed E-state index contributed by atoms with van der Waals surface area (Å²) in [5.74, 6) is -0.862. The van der Waals surface area contributed by atoms with Crippen molar-refractivity contribution in [3.8, 4) is 5.75 Å². The molecule has 238 valence electrons. The van der Waals surface area contributed by atoms with Crippen molar-refractivity contribution < 1.29 is 27.9 Å². The number of rotatable bonds is 7. The van der Waals surface area contributed by atoms with Gasteiger partial charge in [0, 0.05) is 32.6 Å². The highest BCUT2D eigenvalue weighted by Crippen LogP contribution is 2.34. The maximum Gasteiger partial charge on any atom is 0.416 e. The topological polar surface area (TPSA) is 151 Å². The van der Waals surface area contributed by atoms with Crippen LogP contribution in [0.15, 0.2) is 29.3 Å². The van der Waals surface area contributed by atoms with Crippen LogP contribution < -0.4 is 15.8 Å². The van der Waals surface area contributed by atoms with Crippen LogP contribution in [0, 0.1) is 6.92 Å². The fourth-order valence-corrected chi connectivity index (χ4v) is 5.38. The van der Waals surface area contributed by atoms with Crippen molar-refractivity contribution in [2.45, 2.75) is 46.3 Å². The van der Waals surface area contributed by atoms with Gasteiger partial charge in [-0.05, 0) is 31.5 Å². The van der Waals surface area contributed by atoms with Gasteiger partial charge in [0.15, 0.2) is 17.3 Å². The Morgan fingerprint density at radius 2 is 1.80 bits per heavy atom. The van der Waals surface area contributed by atoms with E-state index in [0.29, 0.717) is 24.4 Å². The number of alkyl halides is 3. The molecule has 2 amide bonds. The number of hydrogen-bond donors (Lipinski definition) is 2. The van der Waals surface area contributed by atoms with Crippen molar-refractivity contribution in [2.24, 2.45) is 0 Å². The summed E-state index contributed by atoms with van der Waals surface area (Å²) in [7, 11) is 0. The van der Waals surface area contributed by atoms with Crippen LogP contribution in [0.3, 0.4) is 0 Å². The van der Waals surface area contributed by atoms with Gasteiger partial charge in [-0.2, -0.15) is 22.7 Å². The summed E-state index contributed by atoms with van der Waals surface area (Å²) < 4.78 is 41.9. The van der Waals surface area contributed by atoms with Crippen LogP contribution in [0.4, 0.5) is 24.5 Å². The first-order valence-electron chi connectivity index (χ1n) is 14.1. The third kappa shape index (κ3) is 6.14. The van der Waals surface area contributed by atoms with Crippen LogP contribution in [0.2, 0.25) is 5.02 Å². The third-order valence-electron chi connectivity index (χ3n) is 7.48. The standard InChI is InChI=1S/C28H29ClF3N9O4/c1-4-19-23(38-8-10-39(11-9-38)25(44)22-24(43)15(3)33-14-34-22)26(45)41-27(36-20(5-2)37-41)40(19)13-21(42)35-18-7-6-16(12-17(18)29)28(30,31)32/h6-7,12,14,43H,4-5,8-11,13H2,1-3H3,(H,35,42). The second kappa shape index (κ2) is 12.3. The summed E-state index contributed by atoms with van der Waals surface area (Å²) in [6.45, 7) is 5.79. The van der Waals surface area contributed by atoms with Gasteiger partial charge in [-0.1, -0.05) is 25.4 Å². The van der Waals surface area contributed by atoms with Gasteiger partial charge in [0.2, 0.25) is 11.7 Å². The number of halogens is 4. The molecule has 0 radical (unpaired) electrons. The fourth-order valence-electron chi connectivity index (χ4n) is 5.15. The summed E-state index contributed by atoms with van der Waals surface area (Å²) in [5, 5.41) is 16.9. The molecule has 2 N–H and O–H groups in total. The number of nitrogens with zero attached hydrogens (tertiary/aromatic N) is 8. The highest BCUT2D eigenvalue weighted by molar-refractivity contribution is 6.33. The molecule has 3 aromatic heterocycles. The van der Waals surface area contributed by atoms with Crippen molar-refractivity contribution in [1.29, 1.82) is 0 Å². The summed E-state index contributed by atoms with van der Waals surface area (Å²) in [5.41, 5.74) is -0.468. The molecule has 0 unspecified atom stereocenters. The summed E-state index contributed by atoms with van der Waals surface area (Å²) in [6.07, 6.45) is -2.66. The van der Waals surface area contributed by atoms with E-state index in [1.807, 2.05) is 18.7 Å². The smallest absolute Gasteiger partial charge is 0.416 e. The van der Waals surface area contributed by atoms with E-state index < -0.39 is 29.1 Å². The number of aryl methyl sites for hydroxylation is 2. The van der Waals surface area contributed by atoms with Crippen LogP contribution in [-0.2, 0) is 30.4 Å². The number of anilines is 2. The maximum atomic E-state index is 13.8. The molecule has 17 heteroatoms. The average Bonchev–Trinajstić information content (AvgIpc) is 3.45. The Hall–Kier alpha value is -4.73. The molecule has 0 saturated carbocycles. The molecule has 5 rings (SSSR count). The van der Waals surface area contributed by atoms with E-state index in [2.05, 4.69) is 25.4 Å². The molecule has 0 aliphatic carbocycles. The van der Waals surface area contributed by atoms with Crippen LogP contribution in [-0.4, -0.2) is 77.1 Å². The van der Waals surface area contributed by atoms with Crippen molar-refractivity contribution in [3.63, 3.8) is 0 Å². The molecule has 13 nitrogen and oxygen atoms in total. The largest absolute Gasteiger partial charge is 0.504 e. The molecule has 45 heavy (non-hydrogen) atoms. The minimum absolute atomic E-state index is 0.00794. The second-order valence-electron chi connectivity index (χ2n) is 10.3. The van der Waals surface area contributed by atoms with Crippen LogP contribution in [0.25, 0.3) is 5.78 Å². The second-order valence-corrected chi connectivity index (χ2v) is 10.7. The van der Waals surface area contributed by atoms with Crippen molar-refractivity contribution in [1.82, 2.24) is 34.0 Å². The average molecular weight is 648 g/mol. The predicted octanol–water partition coefficient (Wildman–Crippen LogP) is 3.09. The summed E-state index contributed by atoms with van der Waals surface area (Å²) >= 11 is 6.05. The molecule has 1 aliphatic heterocycles. The maximum absolute atomic E-state index is 13.8. The Balaban J connectivity index is 1.45. The van der Waals surface area contributed by atoms with Gasteiger partial charge in [-0.25, -0.2) is 9.97 Å². The number of aromatic nitrogens is 6. The predicted molar refractivity (Wildman–Crippen MR) is 158 cm³/mol. The van der Waals surface area contributed by atoms with Crippen molar-refractivity contribution in [3.05, 3.63) is 68.4 Å². The zero-order valence-corrected chi connectivity index (χ0v) is 25.3. The lowest BCUT2D eigenvalue weighted by Crippen LogP contribution is -2.51. The summed E-state index contributed by atoms with van der Waals surface area (Å²) in [4.78, 5) is 55.8. The third-order valence-corrected chi connectivity index (χ3v) is 7.80. The van der Waals surface area contributed by atoms with Crippen LogP contribution in [0.1, 0.15) is 47.1 Å². The lowest BCUT2D eigenvalue weighted by molar-refractivity contribution is -0.137. The minimum atomic E-state index is -4.60. The summed E-state index contributed by atoms with van der Waals surface area (Å²) in [6, 6.07) is 2.62. The number of piperazine rings is 1. The van der Waals surface area contributed by atoms with E-state index in [-0.39, 0.29) is 72.0 Å². The van der Waals surface area contributed by atoms with Gasteiger partial charge in [-0.15, -0.1) is 5.10 Å². The fraction of sp³-hybridized carbons (Fsp3) is 0.393. The molecular formula is C28H29ClF3N9O4. The lowest BCUT2D eigenvalue weighted by atomic mass is 10.2. The number of amides is 2. The van der Waals surface area contributed by atoms with Gasteiger partial charge >= 0.3 is 6.18 Å². The first kappa shape index (κ1) is 31.7. The molecule has 0 spiro atoms. The monoisotopic (exact) mass is 647 g/mol. The highest BCUT2D eigenvalue weighted by atomic mass is 35.5. The molecule has 1 aromatic carbocycles. The van der Waals surface area contributed by atoms with E-state index in [4.69, 9.17) is 11.6 Å². The van der Waals surface area contributed by atoms with Crippen LogP contribution >= 0.6 is 11.6 Å². The molecular weight excluding hydrogens is 619 g/mol. The first-order chi connectivity index (χ1) is 21.3. The van der Waals surface area contributed by atoms with E-state index in [1.54, 1.807) is 11.5 Å². The van der Waals surface area contributed by atoms with Crippen molar-refractivity contribution >= 4 is 40.6 Å². The highest BCUT2D eigenvalue weighted by Gasteiger charge is 2.32. The Labute approximate surface area is 259 Å². The van der Waals surface area contributed by atoms with Gasteiger partial charge in [0.25, 0.3) is 11.5 Å². The van der Waals surface area contributed by atoms with E-state index >= 15 is 0 Å². The van der Waals surface area contributed by atoms with E-state index in [9.17, 15) is 32.7 Å². The number of fused-ring (bicyclic) bond motifs is 1. The van der Waals surface area contributed by atoms with E-state index in [1.165, 1.54) is 11.2 Å². The number of carbonyl (C=O) groups excluding carboxylic acids is 2. The minimum Gasteiger partial charge on any atom is -0.504 e. The van der Waals surface area contributed by atoms with Gasteiger partial charge < -0.3 is 24.8 Å². The molecule has 1 saturated heterocycles. The molecule has 1 fully saturated rings. The Kier molecular flexibility index (Phi) is 8.69. The SMILES string of the molecule is CCc1nc2n(CC(=O)Nc3ccc(C(F)(F)F)cc3Cl)c(CC)c(N3CCN(C(=O)c4ncnc(C)c4O)CC3)c(=O)n2n1. The first-order valence-corrected chi connectivity index (χ1v) is 14.4. The number of benzene rings is 1. The lowest BCUT2D eigenvalue weighted by Gasteiger charge is -2.36. The number of aromatic hydroxyl groups is 1. The Morgan fingerprint density at radius 3 is 2.42 bits per heavy atom. The Morgan fingerprint density at radius 1 is 1.09 bits per heavy atom. The molecule has 0 atom stereocenters. The number of hydrogen-bond acceptors (Lipinski definition) is 9. The normalized spacial score (nSPS) is 13.8. The molecule has 0 bridgehead atoms. The molecule has 1 aliphatic rings.